The van der Waals surface area contributed by atoms with Crippen molar-refractivity contribution in [2.24, 2.45) is 5.41 Å². The Kier molecular flexibility index (Phi) is 4.60. The van der Waals surface area contributed by atoms with Crippen LogP contribution in [0.2, 0.25) is 4.34 Å². The van der Waals surface area contributed by atoms with Gasteiger partial charge >= 0.3 is 0 Å². The Bertz CT molecular complexity index is 474. The van der Waals surface area contributed by atoms with E-state index >= 15 is 0 Å². The van der Waals surface area contributed by atoms with Gasteiger partial charge in [-0.1, -0.05) is 25.4 Å². The second kappa shape index (κ2) is 5.24. The number of rotatable bonds is 5. The summed E-state index contributed by atoms with van der Waals surface area (Å²) < 4.78 is 27.0. The van der Waals surface area contributed by atoms with Crippen molar-refractivity contribution in [3.05, 3.63) is 16.0 Å². The van der Waals surface area contributed by atoms with Crippen LogP contribution < -0.4 is 4.72 Å². The van der Waals surface area contributed by atoms with E-state index in [1.165, 1.54) is 0 Å². The van der Waals surface area contributed by atoms with Crippen LogP contribution >= 0.6 is 22.9 Å². The number of aliphatic hydroxyl groups is 1. The molecule has 0 radical (unpaired) electrons. The Labute approximate surface area is 111 Å². The van der Waals surface area contributed by atoms with Gasteiger partial charge in [0.15, 0.2) is 0 Å². The molecule has 4 nitrogen and oxygen atoms in total. The smallest absolute Gasteiger partial charge is 0.250 e. The van der Waals surface area contributed by atoms with E-state index in [0.717, 1.165) is 16.9 Å². The van der Waals surface area contributed by atoms with Gasteiger partial charge in [0.25, 0.3) is 0 Å². The third-order valence-corrected chi connectivity index (χ3v) is 5.70. The highest BCUT2D eigenvalue weighted by Gasteiger charge is 2.23. The van der Waals surface area contributed by atoms with Crippen molar-refractivity contribution in [2.75, 3.05) is 13.2 Å². The molecule has 1 rings (SSSR count). The Hall–Kier alpha value is -0.140. The van der Waals surface area contributed by atoms with Crippen LogP contribution in [0, 0.1) is 12.3 Å². The molecular weight excluding hydrogens is 282 g/mol. The SMILES string of the molecule is Cc1cc(S(=O)(=O)NCC(C)(C)CO)sc1Cl. The number of aliphatic hydroxyl groups excluding tert-OH is 1. The first kappa shape index (κ1) is 14.9. The summed E-state index contributed by atoms with van der Waals surface area (Å²) >= 11 is 6.87. The Balaban J connectivity index is 2.83. The number of nitrogens with one attached hydrogen (secondary N) is 1. The number of hydrogen-bond acceptors (Lipinski definition) is 4. The number of thiophene rings is 1. The average molecular weight is 298 g/mol. The van der Waals surface area contributed by atoms with Crippen LogP contribution in [0.1, 0.15) is 19.4 Å². The molecule has 1 aromatic heterocycles. The summed E-state index contributed by atoms with van der Waals surface area (Å²) in [6.45, 7) is 5.42. The molecule has 0 fully saturated rings. The summed E-state index contributed by atoms with van der Waals surface area (Å²) in [4.78, 5) is 0. The van der Waals surface area contributed by atoms with E-state index in [9.17, 15) is 8.42 Å². The summed E-state index contributed by atoms with van der Waals surface area (Å²) in [6, 6.07) is 1.54. The van der Waals surface area contributed by atoms with Crippen LogP contribution in [-0.2, 0) is 10.0 Å². The third-order valence-electron chi connectivity index (χ3n) is 2.27. The second-order valence-electron chi connectivity index (χ2n) is 4.67. The van der Waals surface area contributed by atoms with Crippen LogP contribution in [0.4, 0.5) is 0 Å². The summed E-state index contributed by atoms with van der Waals surface area (Å²) in [5.74, 6) is 0. The Morgan fingerprint density at radius 2 is 2.12 bits per heavy atom. The van der Waals surface area contributed by atoms with Gasteiger partial charge in [-0.05, 0) is 18.6 Å². The van der Waals surface area contributed by atoms with Crippen molar-refractivity contribution in [1.82, 2.24) is 4.72 Å². The molecule has 98 valence electrons. The first-order valence-electron chi connectivity index (χ1n) is 5.04. The predicted octanol–water partition coefficient (Wildman–Crippen LogP) is 2.01. The maximum absolute atomic E-state index is 11.9. The second-order valence-corrected chi connectivity index (χ2v) is 8.32. The molecule has 0 aliphatic rings. The summed E-state index contributed by atoms with van der Waals surface area (Å²) in [5.41, 5.74) is 0.266. The van der Waals surface area contributed by atoms with Gasteiger partial charge in [0.1, 0.15) is 4.21 Å². The molecule has 0 atom stereocenters. The largest absolute Gasteiger partial charge is 0.396 e. The Morgan fingerprint density at radius 3 is 2.53 bits per heavy atom. The third kappa shape index (κ3) is 3.93. The first-order valence-corrected chi connectivity index (χ1v) is 7.72. The van der Waals surface area contributed by atoms with Gasteiger partial charge in [0.05, 0.1) is 4.34 Å². The summed E-state index contributed by atoms with van der Waals surface area (Å²) in [5, 5.41) is 9.06. The minimum Gasteiger partial charge on any atom is -0.396 e. The molecule has 2 N–H and O–H groups in total. The van der Waals surface area contributed by atoms with E-state index in [1.807, 2.05) is 0 Å². The van der Waals surface area contributed by atoms with E-state index in [-0.39, 0.29) is 17.4 Å². The van der Waals surface area contributed by atoms with Crippen molar-refractivity contribution in [3.63, 3.8) is 0 Å². The van der Waals surface area contributed by atoms with Gasteiger partial charge in [-0.15, -0.1) is 11.3 Å². The molecule has 0 aromatic carbocycles. The lowest BCUT2D eigenvalue weighted by molar-refractivity contribution is 0.163. The fourth-order valence-electron chi connectivity index (χ4n) is 0.982. The van der Waals surface area contributed by atoms with Crippen molar-refractivity contribution < 1.29 is 13.5 Å². The summed E-state index contributed by atoms with van der Waals surface area (Å²) in [6.07, 6.45) is 0. The summed E-state index contributed by atoms with van der Waals surface area (Å²) in [7, 11) is -3.53. The molecule has 0 saturated heterocycles. The maximum atomic E-state index is 11.9. The van der Waals surface area contributed by atoms with Crippen molar-refractivity contribution >= 4 is 33.0 Å². The molecule has 17 heavy (non-hydrogen) atoms. The van der Waals surface area contributed by atoms with Gasteiger partial charge in [-0.25, -0.2) is 13.1 Å². The van der Waals surface area contributed by atoms with Crippen LogP contribution in [0.25, 0.3) is 0 Å². The van der Waals surface area contributed by atoms with Crippen LogP contribution in [0.5, 0.6) is 0 Å². The quantitative estimate of drug-likeness (QED) is 0.873. The maximum Gasteiger partial charge on any atom is 0.250 e. The number of aryl methyl sites for hydroxylation is 1. The molecule has 0 spiro atoms. The average Bonchev–Trinajstić information content (AvgIpc) is 2.58. The van der Waals surface area contributed by atoms with Crippen molar-refractivity contribution in [3.8, 4) is 0 Å². The number of hydrogen-bond donors (Lipinski definition) is 2. The minimum absolute atomic E-state index is 0.0836. The standard InChI is InChI=1S/C10H16ClNO3S2/c1-7-4-8(16-9(7)11)17(14,15)12-5-10(2,3)6-13/h4,12-13H,5-6H2,1-3H3. The lowest BCUT2D eigenvalue weighted by Crippen LogP contribution is -2.35. The van der Waals surface area contributed by atoms with Gasteiger partial charge in [0.2, 0.25) is 10.0 Å². The fourth-order valence-corrected chi connectivity index (χ4v) is 3.98. The minimum atomic E-state index is -3.53. The van der Waals surface area contributed by atoms with Crippen LogP contribution in [0.15, 0.2) is 10.3 Å². The van der Waals surface area contributed by atoms with E-state index in [4.69, 9.17) is 16.7 Å². The monoisotopic (exact) mass is 297 g/mol. The van der Waals surface area contributed by atoms with Gasteiger partial charge in [0, 0.05) is 18.6 Å². The molecular formula is C10H16ClNO3S2. The lowest BCUT2D eigenvalue weighted by atomic mass is 9.96. The van der Waals surface area contributed by atoms with E-state index in [0.29, 0.717) is 4.34 Å². The highest BCUT2D eigenvalue weighted by molar-refractivity contribution is 7.91. The Morgan fingerprint density at radius 1 is 1.53 bits per heavy atom. The number of sulfonamides is 1. The van der Waals surface area contributed by atoms with E-state index < -0.39 is 15.4 Å². The molecule has 7 heteroatoms. The molecule has 0 saturated carbocycles. The van der Waals surface area contributed by atoms with Crippen LogP contribution in [0.3, 0.4) is 0 Å². The molecule has 1 heterocycles. The van der Waals surface area contributed by atoms with Crippen molar-refractivity contribution in [1.29, 1.82) is 0 Å². The zero-order valence-corrected chi connectivity index (χ0v) is 12.3. The van der Waals surface area contributed by atoms with Gasteiger partial charge in [-0.2, -0.15) is 0 Å². The lowest BCUT2D eigenvalue weighted by Gasteiger charge is -2.21. The molecule has 0 aliphatic carbocycles. The zero-order valence-electron chi connectivity index (χ0n) is 9.95. The topological polar surface area (TPSA) is 66.4 Å². The highest BCUT2D eigenvalue weighted by Crippen LogP contribution is 2.30. The molecule has 0 unspecified atom stereocenters. The van der Waals surface area contributed by atoms with Gasteiger partial charge in [-0.3, -0.25) is 0 Å². The zero-order chi connectivity index (χ0) is 13.3. The van der Waals surface area contributed by atoms with Crippen molar-refractivity contribution in [2.45, 2.75) is 25.0 Å². The normalized spacial score (nSPS) is 13.0. The van der Waals surface area contributed by atoms with E-state index in [1.54, 1.807) is 26.8 Å². The first-order chi connectivity index (χ1) is 7.68. The number of halogens is 1. The van der Waals surface area contributed by atoms with Gasteiger partial charge < -0.3 is 5.11 Å². The molecule has 0 bridgehead atoms. The van der Waals surface area contributed by atoms with E-state index in [2.05, 4.69) is 4.72 Å². The highest BCUT2D eigenvalue weighted by atomic mass is 35.5. The molecule has 0 amide bonds. The molecule has 1 aromatic rings. The predicted molar refractivity (Wildman–Crippen MR) is 70.1 cm³/mol. The van der Waals surface area contributed by atoms with Crippen LogP contribution in [-0.4, -0.2) is 26.7 Å². The fraction of sp³-hybridized carbons (Fsp3) is 0.600. The molecule has 0 aliphatic heterocycles.